The van der Waals surface area contributed by atoms with Gasteiger partial charge in [0, 0.05) is 24.7 Å². The highest BCUT2D eigenvalue weighted by Crippen LogP contribution is 2.33. The first-order chi connectivity index (χ1) is 12.8. The molecule has 0 bridgehead atoms. The molecule has 1 aromatic rings. The summed E-state index contributed by atoms with van der Waals surface area (Å²) in [5.41, 5.74) is 0.157. The van der Waals surface area contributed by atoms with E-state index in [0.717, 1.165) is 11.0 Å². The minimum absolute atomic E-state index is 0.0643. The van der Waals surface area contributed by atoms with Gasteiger partial charge in [0.2, 0.25) is 0 Å². The second kappa shape index (κ2) is 8.97. The highest BCUT2D eigenvalue weighted by molar-refractivity contribution is 5.99. The van der Waals surface area contributed by atoms with Gasteiger partial charge in [-0.25, -0.2) is 9.59 Å². The number of para-hydroxylation sites is 1. The highest BCUT2D eigenvalue weighted by atomic mass is 19.3. The Morgan fingerprint density at radius 2 is 2.07 bits per heavy atom. The maximum Gasteiger partial charge on any atom is 0.387 e. The third-order valence-electron chi connectivity index (χ3n) is 3.60. The maximum absolute atomic E-state index is 12.6. The first-order valence-corrected chi connectivity index (χ1v) is 7.93. The highest BCUT2D eigenvalue weighted by Gasteiger charge is 2.31. The second-order valence-electron chi connectivity index (χ2n) is 5.39. The number of rotatable bonds is 7. The predicted octanol–water partition coefficient (Wildman–Crippen LogP) is 1.79. The number of methoxy groups -OCH3 is 1. The molecule has 0 aromatic heterocycles. The molecule has 0 unspecified atom stereocenters. The van der Waals surface area contributed by atoms with Crippen LogP contribution in [-0.2, 0) is 14.3 Å². The van der Waals surface area contributed by atoms with Crippen molar-refractivity contribution in [2.24, 2.45) is 0 Å². The fourth-order valence-electron chi connectivity index (χ4n) is 2.36. The summed E-state index contributed by atoms with van der Waals surface area (Å²) >= 11 is 0. The minimum atomic E-state index is -3.08. The Kier molecular flexibility index (Phi) is 6.69. The smallest absolute Gasteiger partial charge is 0.387 e. The molecular formula is C17H18F2N2O6. The number of hydrogen-bond acceptors (Lipinski definition) is 6. The van der Waals surface area contributed by atoms with Gasteiger partial charge in [-0.15, -0.1) is 0 Å². The summed E-state index contributed by atoms with van der Waals surface area (Å²) in [7, 11) is 1.29. The fraction of sp³-hybridized carbons (Fsp3) is 0.353. The first kappa shape index (κ1) is 20.1. The van der Waals surface area contributed by atoms with Crippen LogP contribution < -0.4 is 14.8 Å². The molecule has 1 aromatic carbocycles. The Balaban J connectivity index is 2.06. The van der Waals surface area contributed by atoms with Crippen LogP contribution in [0.1, 0.15) is 12.5 Å². The molecule has 1 atom stereocenters. The van der Waals surface area contributed by atoms with Crippen LogP contribution in [0.2, 0.25) is 0 Å². The Morgan fingerprint density at radius 3 is 2.67 bits per heavy atom. The number of esters is 1. The van der Waals surface area contributed by atoms with Crippen LogP contribution >= 0.6 is 0 Å². The van der Waals surface area contributed by atoms with Gasteiger partial charge in [0.1, 0.15) is 0 Å². The van der Waals surface area contributed by atoms with Gasteiger partial charge in [0.05, 0.1) is 7.11 Å². The summed E-state index contributed by atoms with van der Waals surface area (Å²) in [6.45, 7) is -1.23. The van der Waals surface area contributed by atoms with Crippen molar-refractivity contribution in [2.75, 3.05) is 20.2 Å². The second-order valence-corrected chi connectivity index (χ2v) is 5.39. The average Bonchev–Trinajstić information content (AvgIpc) is 3.05. The van der Waals surface area contributed by atoms with E-state index in [4.69, 9.17) is 9.47 Å². The number of nitrogens with zero attached hydrogens (tertiary/aromatic N) is 1. The fourth-order valence-corrected chi connectivity index (χ4v) is 2.36. The number of imide groups is 1. The third kappa shape index (κ3) is 5.16. The molecule has 1 aliphatic rings. The normalized spacial score (nSPS) is 15.0. The SMILES string of the molecule is COc1cccc(/C=C/C(=O)O[C@@H](C)C(=O)N2CCNC2=O)c1OC(F)F. The van der Waals surface area contributed by atoms with Gasteiger partial charge in [0.15, 0.2) is 17.6 Å². The molecule has 1 aliphatic heterocycles. The number of ether oxygens (including phenoxy) is 3. The van der Waals surface area contributed by atoms with Crippen LogP contribution in [0.4, 0.5) is 13.6 Å². The molecule has 10 heteroatoms. The van der Waals surface area contributed by atoms with E-state index >= 15 is 0 Å². The molecule has 0 saturated carbocycles. The van der Waals surface area contributed by atoms with Gasteiger partial charge in [-0.3, -0.25) is 9.69 Å². The molecule has 146 valence electrons. The van der Waals surface area contributed by atoms with Crippen molar-refractivity contribution in [1.82, 2.24) is 10.2 Å². The summed E-state index contributed by atoms with van der Waals surface area (Å²) < 4.78 is 39.5. The number of urea groups is 1. The van der Waals surface area contributed by atoms with E-state index in [0.29, 0.717) is 6.54 Å². The largest absolute Gasteiger partial charge is 0.493 e. The molecule has 1 saturated heterocycles. The van der Waals surface area contributed by atoms with E-state index in [1.165, 1.54) is 38.3 Å². The number of halogens is 2. The van der Waals surface area contributed by atoms with Crippen molar-refractivity contribution in [2.45, 2.75) is 19.6 Å². The third-order valence-corrected chi connectivity index (χ3v) is 3.60. The molecule has 1 N–H and O–H groups in total. The van der Waals surface area contributed by atoms with Crippen LogP contribution in [0, 0.1) is 0 Å². The lowest BCUT2D eigenvalue weighted by Gasteiger charge is -2.17. The zero-order valence-electron chi connectivity index (χ0n) is 14.6. The van der Waals surface area contributed by atoms with Crippen LogP contribution in [0.5, 0.6) is 11.5 Å². The van der Waals surface area contributed by atoms with Crippen LogP contribution in [0.25, 0.3) is 6.08 Å². The molecule has 1 fully saturated rings. The lowest BCUT2D eigenvalue weighted by Crippen LogP contribution is -2.41. The zero-order valence-corrected chi connectivity index (χ0v) is 14.6. The van der Waals surface area contributed by atoms with Crippen LogP contribution in [0.15, 0.2) is 24.3 Å². The molecule has 0 aliphatic carbocycles. The summed E-state index contributed by atoms with van der Waals surface area (Å²) in [4.78, 5) is 36.4. The molecular weight excluding hydrogens is 366 g/mol. The number of amides is 3. The number of hydrogen-bond donors (Lipinski definition) is 1. The molecule has 1 heterocycles. The van der Waals surface area contributed by atoms with E-state index in [1.54, 1.807) is 0 Å². The topological polar surface area (TPSA) is 94.2 Å². The molecule has 2 rings (SSSR count). The van der Waals surface area contributed by atoms with Crippen molar-refractivity contribution in [3.63, 3.8) is 0 Å². The van der Waals surface area contributed by atoms with Gasteiger partial charge < -0.3 is 19.5 Å². The molecule has 0 spiro atoms. The monoisotopic (exact) mass is 384 g/mol. The minimum Gasteiger partial charge on any atom is -0.493 e. The Labute approximate surface area is 153 Å². The summed E-state index contributed by atoms with van der Waals surface area (Å²) in [6.07, 6.45) is 0.969. The van der Waals surface area contributed by atoms with Crippen LogP contribution in [0.3, 0.4) is 0 Å². The van der Waals surface area contributed by atoms with E-state index in [1.807, 2.05) is 0 Å². The molecule has 27 heavy (non-hydrogen) atoms. The van der Waals surface area contributed by atoms with Gasteiger partial charge in [-0.1, -0.05) is 12.1 Å². The van der Waals surface area contributed by atoms with E-state index in [9.17, 15) is 23.2 Å². The van der Waals surface area contributed by atoms with Crippen molar-refractivity contribution in [3.05, 3.63) is 29.8 Å². The lowest BCUT2D eigenvalue weighted by molar-refractivity contribution is -0.153. The zero-order chi connectivity index (χ0) is 20.0. The number of carbonyl (C=O) groups excluding carboxylic acids is 3. The van der Waals surface area contributed by atoms with Crippen LogP contribution in [-0.4, -0.2) is 55.7 Å². The average molecular weight is 384 g/mol. The van der Waals surface area contributed by atoms with Gasteiger partial charge in [-0.05, 0) is 19.1 Å². The Morgan fingerprint density at radius 1 is 1.33 bits per heavy atom. The van der Waals surface area contributed by atoms with E-state index in [2.05, 4.69) is 10.1 Å². The number of alkyl halides is 2. The first-order valence-electron chi connectivity index (χ1n) is 7.93. The number of benzene rings is 1. The number of nitrogens with one attached hydrogen (secondary N) is 1. The van der Waals surface area contributed by atoms with E-state index in [-0.39, 0.29) is 23.6 Å². The van der Waals surface area contributed by atoms with Gasteiger partial charge in [-0.2, -0.15) is 8.78 Å². The Hall–Kier alpha value is -3.17. The lowest BCUT2D eigenvalue weighted by atomic mass is 10.1. The Bertz CT molecular complexity index is 753. The quantitative estimate of drug-likeness (QED) is 0.569. The van der Waals surface area contributed by atoms with Gasteiger partial charge >= 0.3 is 18.6 Å². The van der Waals surface area contributed by atoms with Gasteiger partial charge in [0.25, 0.3) is 5.91 Å². The van der Waals surface area contributed by atoms with Crippen molar-refractivity contribution < 1.29 is 37.4 Å². The molecule has 3 amide bonds. The van der Waals surface area contributed by atoms with Crippen molar-refractivity contribution >= 4 is 24.0 Å². The van der Waals surface area contributed by atoms with E-state index < -0.39 is 30.6 Å². The van der Waals surface area contributed by atoms with Crippen molar-refractivity contribution in [1.29, 1.82) is 0 Å². The number of carbonyl (C=O) groups is 3. The summed E-state index contributed by atoms with van der Waals surface area (Å²) in [5, 5.41) is 2.46. The maximum atomic E-state index is 12.6. The summed E-state index contributed by atoms with van der Waals surface area (Å²) in [6, 6.07) is 3.84. The molecule has 0 radical (unpaired) electrons. The molecule has 8 nitrogen and oxygen atoms in total. The van der Waals surface area contributed by atoms with Crippen molar-refractivity contribution in [3.8, 4) is 11.5 Å². The predicted molar refractivity (Wildman–Crippen MR) is 89.3 cm³/mol. The summed E-state index contributed by atoms with van der Waals surface area (Å²) in [5.74, 6) is -1.72. The standard InChI is InChI=1S/C17H18F2N2O6/c1-10(15(23)21-9-8-20-17(21)24)26-13(22)7-6-11-4-3-5-12(25-2)14(11)27-16(18)19/h3-7,10,16H,8-9H2,1-2H3,(H,20,24)/b7-6+/t10-/m0/s1.